The molecule has 3 heteroatoms. The number of ketones is 1. The van der Waals surface area contributed by atoms with E-state index in [-0.39, 0.29) is 15.3 Å². The Hall–Kier alpha value is -0.703. The van der Waals surface area contributed by atoms with Crippen molar-refractivity contribution in [2.24, 2.45) is 4.99 Å². The van der Waals surface area contributed by atoms with E-state index in [9.17, 15) is 4.79 Å². The first kappa shape index (κ1) is 6.42. The number of Topliss-reactive ketones (excluding diaryl/α,β-unsaturated/α-hetero) is 1. The van der Waals surface area contributed by atoms with Gasteiger partial charge >= 0.3 is 0 Å². The Labute approximate surface area is 56.5 Å². The standard InChI is InChI=1S/C6H9NOSi/c1-4(8)6-3-9-5(2)7-6/h3H,9H2,1-2H3. The van der Waals surface area contributed by atoms with Crippen LogP contribution in [0.25, 0.3) is 0 Å². The lowest BCUT2D eigenvalue weighted by atomic mass is 10.4. The van der Waals surface area contributed by atoms with Crippen molar-refractivity contribution >= 4 is 20.6 Å². The Bertz CT molecular complexity index is 205. The van der Waals surface area contributed by atoms with Crippen molar-refractivity contribution in [1.29, 1.82) is 0 Å². The van der Waals surface area contributed by atoms with Crippen LogP contribution in [0.5, 0.6) is 0 Å². The number of carbonyl (C=O) groups excluding carboxylic acids is 1. The quantitative estimate of drug-likeness (QED) is 0.471. The zero-order valence-corrected chi connectivity index (χ0v) is 7.05. The fraction of sp³-hybridized carbons (Fsp3) is 0.333. The minimum absolute atomic E-state index is 0.0966. The van der Waals surface area contributed by atoms with E-state index >= 15 is 0 Å². The molecule has 0 spiro atoms. The van der Waals surface area contributed by atoms with Gasteiger partial charge in [0.25, 0.3) is 0 Å². The van der Waals surface area contributed by atoms with Crippen LogP contribution >= 0.6 is 0 Å². The monoisotopic (exact) mass is 139 g/mol. The maximum atomic E-state index is 10.6. The lowest BCUT2D eigenvalue weighted by Crippen LogP contribution is -1.93. The molecule has 1 aliphatic heterocycles. The van der Waals surface area contributed by atoms with E-state index in [4.69, 9.17) is 0 Å². The molecule has 0 fully saturated rings. The highest BCUT2D eigenvalue weighted by Gasteiger charge is 2.07. The summed E-state index contributed by atoms with van der Waals surface area (Å²) in [5.74, 6) is 0.0966. The van der Waals surface area contributed by atoms with Gasteiger partial charge in [-0.2, -0.15) is 0 Å². The van der Waals surface area contributed by atoms with Gasteiger partial charge in [-0.15, -0.1) is 0 Å². The summed E-state index contributed by atoms with van der Waals surface area (Å²) in [6, 6.07) is 0. The molecule has 0 bridgehead atoms. The first-order valence-electron chi connectivity index (χ1n) is 2.95. The summed E-state index contributed by atoms with van der Waals surface area (Å²) in [5.41, 5.74) is 2.68. The van der Waals surface area contributed by atoms with Crippen molar-refractivity contribution in [2.45, 2.75) is 13.8 Å². The third-order valence-electron chi connectivity index (χ3n) is 1.26. The SMILES string of the molecule is CC(=O)C1=C[SiH2]C(C)=N1. The topological polar surface area (TPSA) is 29.4 Å². The molecule has 9 heavy (non-hydrogen) atoms. The molecule has 2 nitrogen and oxygen atoms in total. The summed E-state index contributed by atoms with van der Waals surface area (Å²) in [7, 11) is -0.256. The summed E-state index contributed by atoms with van der Waals surface area (Å²) in [4.78, 5) is 14.7. The van der Waals surface area contributed by atoms with Crippen LogP contribution in [0.4, 0.5) is 0 Å². The van der Waals surface area contributed by atoms with Crippen LogP contribution in [0.15, 0.2) is 16.4 Å². The lowest BCUT2D eigenvalue weighted by molar-refractivity contribution is -0.113. The third kappa shape index (κ3) is 1.35. The molecule has 0 amide bonds. The van der Waals surface area contributed by atoms with Crippen LogP contribution in [0.1, 0.15) is 13.8 Å². The minimum atomic E-state index is -0.256. The van der Waals surface area contributed by atoms with Gasteiger partial charge in [0.05, 0.1) is 15.2 Å². The second kappa shape index (κ2) is 2.27. The smallest absolute Gasteiger partial charge is 0.177 e. The van der Waals surface area contributed by atoms with Gasteiger partial charge in [-0.25, -0.2) is 0 Å². The summed E-state index contributed by atoms with van der Waals surface area (Å²) < 4.78 is 0. The van der Waals surface area contributed by atoms with E-state index < -0.39 is 0 Å². The fourth-order valence-corrected chi connectivity index (χ4v) is 1.89. The summed E-state index contributed by atoms with van der Waals surface area (Å²) >= 11 is 0. The van der Waals surface area contributed by atoms with Crippen molar-refractivity contribution < 1.29 is 4.79 Å². The first-order valence-corrected chi connectivity index (χ1v) is 4.48. The van der Waals surface area contributed by atoms with Gasteiger partial charge in [0.1, 0.15) is 0 Å². The molecule has 0 atom stereocenters. The number of aliphatic imine (C=N–C) groups is 1. The Morgan fingerprint density at radius 1 is 1.78 bits per heavy atom. The minimum Gasteiger partial charge on any atom is -0.293 e. The van der Waals surface area contributed by atoms with Crippen LogP contribution in [0.3, 0.4) is 0 Å². The molecule has 48 valence electrons. The fourth-order valence-electron chi connectivity index (χ4n) is 0.764. The number of allylic oxidation sites excluding steroid dienone is 1. The van der Waals surface area contributed by atoms with Crippen LogP contribution in [0, 0.1) is 0 Å². The van der Waals surface area contributed by atoms with Gasteiger partial charge < -0.3 is 0 Å². The zero-order chi connectivity index (χ0) is 6.85. The molecule has 1 aliphatic rings. The first-order chi connectivity index (χ1) is 4.20. The number of nitrogens with zero attached hydrogens (tertiary/aromatic N) is 1. The molecule has 0 aliphatic carbocycles. The van der Waals surface area contributed by atoms with Gasteiger partial charge in [-0.3, -0.25) is 9.79 Å². The van der Waals surface area contributed by atoms with E-state index in [0.717, 1.165) is 0 Å². The number of rotatable bonds is 1. The van der Waals surface area contributed by atoms with E-state index in [1.54, 1.807) is 6.92 Å². The van der Waals surface area contributed by atoms with Crippen molar-refractivity contribution in [3.8, 4) is 0 Å². The van der Waals surface area contributed by atoms with Crippen molar-refractivity contribution in [3.63, 3.8) is 0 Å². The summed E-state index contributed by atoms with van der Waals surface area (Å²) in [5, 5.41) is 1.17. The third-order valence-corrected chi connectivity index (χ3v) is 2.60. The maximum Gasteiger partial charge on any atom is 0.177 e. The maximum absolute atomic E-state index is 10.6. The highest BCUT2D eigenvalue weighted by molar-refractivity contribution is 6.80. The molecule has 0 saturated heterocycles. The molecule has 0 radical (unpaired) electrons. The van der Waals surface area contributed by atoms with Crippen LogP contribution in [0.2, 0.25) is 0 Å². The van der Waals surface area contributed by atoms with Crippen LogP contribution in [-0.4, -0.2) is 20.6 Å². The number of hydrogen-bond acceptors (Lipinski definition) is 2. The van der Waals surface area contributed by atoms with E-state index in [1.165, 1.54) is 5.33 Å². The molecule has 1 heterocycles. The Morgan fingerprint density at radius 2 is 2.44 bits per heavy atom. The van der Waals surface area contributed by atoms with E-state index in [2.05, 4.69) is 4.99 Å². The van der Waals surface area contributed by atoms with Crippen LogP contribution in [-0.2, 0) is 4.79 Å². The van der Waals surface area contributed by atoms with Gasteiger partial charge in [0.2, 0.25) is 0 Å². The molecule has 0 aromatic heterocycles. The normalized spacial score (nSPS) is 19.8. The molecule has 0 unspecified atom stereocenters. The Kier molecular flexibility index (Phi) is 1.62. The van der Waals surface area contributed by atoms with Crippen molar-refractivity contribution in [3.05, 3.63) is 11.4 Å². The van der Waals surface area contributed by atoms with E-state index in [0.29, 0.717) is 5.70 Å². The van der Waals surface area contributed by atoms with Gasteiger partial charge in [-0.1, -0.05) is 5.70 Å². The molecule has 0 N–H and O–H groups in total. The van der Waals surface area contributed by atoms with Gasteiger partial charge in [0.15, 0.2) is 5.78 Å². The largest absolute Gasteiger partial charge is 0.293 e. The predicted octanol–water partition coefficient (Wildman–Crippen LogP) is 0.0176. The van der Waals surface area contributed by atoms with E-state index in [1.807, 2.05) is 12.6 Å². The zero-order valence-electron chi connectivity index (χ0n) is 5.64. The molecular formula is C6H9NOSi. The molecule has 0 saturated carbocycles. The molecule has 0 aromatic rings. The highest BCUT2D eigenvalue weighted by Crippen LogP contribution is 2.04. The van der Waals surface area contributed by atoms with Crippen molar-refractivity contribution in [1.82, 2.24) is 0 Å². The summed E-state index contributed by atoms with van der Waals surface area (Å²) in [6.45, 7) is 3.54. The van der Waals surface area contributed by atoms with Crippen LogP contribution < -0.4 is 0 Å². The lowest BCUT2D eigenvalue weighted by Gasteiger charge is -1.86. The molecule has 1 rings (SSSR count). The second-order valence-corrected chi connectivity index (χ2v) is 4.04. The average molecular weight is 139 g/mol. The molecule has 0 aromatic carbocycles. The Balaban J connectivity index is 2.75. The molecular weight excluding hydrogens is 130 g/mol. The van der Waals surface area contributed by atoms with Gasteiger partial charge in [-0.05, 0) is 12.3 Å². The number of hydrogen-bond donors (Lipinski definition) is 0. The number of carbonyl (C=O) groups is 1. The highest BCUT2D eigenvalue weighted by atomic mass is 28.2. The average Bonchev–Trinajstić information content (AvgIpc) is 2.14. The van der Waals surface area contributed by atoms with Gasteiger partial charge in [0, 0.05) is 6.92 Å². The van der Waals surface area contributed by atoms with Crippen molar-refractivity contribution in [2.75, 3.05) is 0 Å². The predicted molar refractivity (Wildman–Crippen MR) is 40.4 cm³/mol. The second-order valence-electron chi connectivity index (χ2n) is 2.20. The Morgan fingerprint density at radius 3 is 2.67 bits per heavy atom. The summed E-state index contributed by atoms with van der Waals surface area (Å²) in [6.07, 6.45) is 0.